The molecular formula is C19H13F3O4. The maximum Gasteiger partial charge on any atom is 0.416 e. The Labute approximate surface area is 146 Å². The number of hydrogen-bond acceptors (Lipinski definition) is 4. The van der Waals surface area contributed by atoms with Crippen molar-refractivity contribution < 1.29 is 31.9 Å². The summed E-state index contributed by atoms with van der Waals surface area (Å²) in [5.41, 5.74) is -0.762. The quantitative estimate of drug-likeness (QED) is 0.556. The molecule has 1 heterocycles. The van der Waals surface area contributed by atoms with Crippen molar-refractivity contribution in [1.29, 1.82) is 0 Å². The molecule has 0 saturated carbocycles. The Balaban J connectivity index is 2.03. The first kappa shape index (κ1) is 17.6. The lowest BCUT2D eigenvalue weighted by molar-refractivity contribution is -0.137. The van der Waals surface area contributed by atoms with Crippen molar-refractivity contribution in [3.8, 4) is 28.6 Å². The number of carbonyl (C=O) groups is 1. The van der Waals surface area contributed by atoms with Crippen LogP contribution in [0.4, 0.5) is 13.2 Å². The predicted octanol–water partition coefficient (Wildman–Crippen LogP) is 5.58. The van der Waals surface area contributed by atoms with Crippen LogP contribution in [0.2, 0.25) is 0 Å². The van der Waals surface area contributed by atoms with Crippen LogP contribution in [-0.4, -0.2) is 13.4 Å². The zero-order chi connectivity index (χ0) is 18.7. The molecule has 1 aromatic heterocycles. The van der Waals surface area contributed by atoms with Gasteiger partial charge in [-0.15, -0.1) is 0 Å². The van der Waals surface area contributed by atoms with Crippen LogP contribution in [0.3, 0.4) is 0 Å². The van der Waals surface area contributed by atoms with Crippen molar-refractivity contribution in [2.75, 3.05) is 7.11 Å². The summed E-state index contributed by atoms with van der Waals surface area (Å²) in [6.45, 7) is 0. The van der Waals surface area contributed by atoms with E-state index in [1.54, 1.807) is 24.3 Å². The molecule has 0 N–H and O–H groups in total. The number of alkyl halides is 3. The number of hydrogen-bond donors (Lipinski definition) is 0. The van der Waals surface area contributed by atoms with E-state index in [1.807, 2.05) is 0 Å². The maximum absolute atomic E-state index is 13.1. The molecule has 4 nitrogen and oxygen atoms in total. The predicted molar refractivity (Wildman–Crippen MR) is 87.6 cm³/mol. The number of halogens is 3. The number of ether oxygens (including phenoxy) is 2. The number of carbonyl (C=O) groups excluding carboxylic acids is 1. The molecule has 0 aliphatic carbocycles. The van der Waals surface area contributed by atoms with Crippen molar-refractivity contribution in [3.05, 3.63) is 65.9 Å². The first-order valence-corrected chi connectivity index (χ1v) is 7.49. The van der Waals surface area contributed by atoms with Gasteiger partial charge in [-0.25, -0.2) is 0 Å². The van der Waals surface area contributed by atoms with Gasteiger partial charge >= 0.3 is 6.18 Å². The molecule has 7 heteroatoms. The van der Waals surface area contributed by atoms with Crippen molar-refractivity contribution in [1.82, 2.24) is 0 Å². The maximum atomic E-state index is 13.1. The van der Waals surface area contributed by atoms with E-state index in [0.717, 1.165) is 12.1 Å². The summed E-state index contributed by atoms with van der Waals surface area (Å²) in [7, 11) is 1.52. The summed E-state index contributed by atoms with van der Waals surface area (Å²) in [5, 5.41) is 0. The van der Waals surface area contributed by atoms with Gasteiger partial charge in [0.05, 0.1) is 18.2 Å². The summed E-state index contributed by atoms with van der Waals surface area (Å²) < 4.78 is 55.2. The zero-order valence-electron chi connectivity index (χ0n) is 13.5. The molecule has 3 rings (SSSR count). The Kier molecular flexibility index (Phi) is 4.71. The van der Waals surface area contributed by atoms with Crippen molar-refractivity contribution >= 4 is 6.29 Å². The molecule has 3 aromatic rings. The standard InChI is InChI=1S/C19H13F3O4/c1-24-13-3-5-14(6-4-13)25-17-8-2-12(19(20,21)22)10-16(17)18-9-7-15(11-23)26-18/h2-11H,1H3. The Hall–Kier alpha value is -3.22. The summed E-state index contributed by atoms with van der Waals surface area (Å²) >= 11 is 0. The van der Waals surface area contributed by atoms with Gasteiger partial charge in [0.25, 0.3) is 0 Å². The number of furan rings is 1. The Morgan fingerprint density at radius 3 is 2.23 bits per heavy atom. The average Bonchev–Trinajstić information content (AvgIpc) is 3.11. The lowest BCUT2D eigenvalue weighted by Crippen LogP contribution is -2.05. The molecule has 0 saturated heterocycles. The second kappa shape index (κ2) is 6.95. The van der Waals surface area contributed by atoms with E-state index in [9.17, 15) is 18.0 Å². The van der Waals surface area contributed by atoms with E-state index in [1.165, 1.54) is 25.3 Å². The minimum Gasteiger partial charge on any atom is -0.497 e. The topological polar surface area (TPSA) is 48.7 Å². The lowest BCUT2D eigenvalue weighted by Gasteiger charge is -2.13. The van der Waals surface area contributed by atoms with Gasteiger partial charge in [-0.1, -0.05) is 0 Å². The molecule has 134 valence electrons. The molecule has 0 atom stereocenters. The Morgan fingerprint density at radius 2 is 1.65 bits per heavy atom. The third-order valence-electron chi connectivity index (χ3n) is 3.60. The third kappa shape index (κ3) is 3.72. The van der Waals surface area contributed by atoms with Crippen molar-refractivity contribution in [2.24, 2.45) is 0 Å². The third-order valence-corrected chi connectivity index (χ3v) is 3.60. The molecule has 26 heavy (non-hydrogen) atoms. The van der Waals surface area contributed by atoms with Gasteiger partial charge in [-0.3, -0.25) is 4.79 Å². The number of benzene rings is 2. The summed E-state index contributed by atoms with van der Waals surface area (Å²) in [6.07, 6.45) is -4.05. The highest BCUT2D eigenvalue weighted by Gasteiger charge is 2.31. The van der Waals surface area contributed by atoms with Crippen LogP contribution in [0.25, 0.3) is 11.3 Å². The van der Waals surface area contributed by atoms with Gasteiger partial charge in [0.2, 0.25) is 0 Å². The molecule has 0 aliphatic heterocycles. The SMILES string of the molecule is COc1ccc(Oc2ccc(C(F)(F)F)cc2-c2ccc(C=O)o2)cc1. The number of methoxy groups -OCH3 is 1. The summed E-state index contributed by atoms with van der Waals surface area (Å²) in [6, 6.07) is 12.4. The molecular weight excluding hydrogens is 349 g/mol. The van der Waals surface area contributed by atoms with Crippen LogP contribution in [-0.2, 0) is 6.18 Å². The lowest BCUT2D eigenvalue weighted by atomic mass is 10.1. The monoisotopic (exact) mass is 362 g/mol. The van der Waals surface area contributed by atoms with Gasteiger partial charge < -0.3 is 13.9 Å². The van der Waals surface area contributed by atoms with Crippen LogP contribution in [0.5, 0.6) is 17.2 Å². The second-order valence-corrected chi connectivity index (χ2v) is 5.31. The first-order chi connectivity index (χ1) is 12.4. The molecule has 0 bridgehead atoms. The van der Waals surface area contributed by atoms with E-state index < -0.39 is 11.7 Å². The van der Waals surface area contributed by atoms with Crippen molar-refractivity contribution in [2.45, 2.75) is 6.18 Å². The molecule has 0 radical (unpaired) electrons. The fourth-order valence-corrected chi connectivity index (χ4v) is 2.32. The smallest absolute Gasteiger partial charge is 0.416 e. The highest BCUT2D eigenvalue weighted by molar-refractivity contribution is 5.74. The van der Waals surface area contributed by atoms with E-state index in [0.29, 0.717) is 17.8 Å². The molecule has 0 spiro atoms. The van der Waals surface area contributed by atoms with Crippen LogP contribution >= 0.6 is 0 Å². The zero-order valence-corrected chi connectivity index (χ0v) is 13.5. The van der Waals surface area contributed by atoms with Crippen molar-refractivity contribution in [3.63, 3.8) is 0 Å². The van der Waals surface area contributed by atoms with Gasteiger partial charge in [0.15, 0.2) is 12.0 Å². The number of aldehydes is 1. The van der Waals surface area contributed by atoms with Gasteiger partial charge in [-0.2, -0.15) is 13.2 Å². The molecule has 0 amide bonds. The minimum atomic E-state index is -4.52. The van der Waals surface area contributed by atoms with E-state index >= 15 is 0 Å². The van der Waals surface area contributed by atoms with Gasteiger partial charge in [0, 0.05) is 0 Å². The Morgan fingerprint density at radius 1 is 0.962 bits per heavy atom. The second-order valence-electron chi connectivity index (χ2n) is 5.31. The fraction of sp³-hybridized carbons (Fsp3) is 0.105. The summed E-state index contributed by atoms with van der Waals surface area (Å²) in [5.74, 6) is 1.30. The molecule has 2 aromatic carbocycles. The van der Waals surface area contributed by atoms with Gasteiger partial charge in [-0.05, 0) is 54.6 Å². The van der Waals surface area contributed by atoms with Crippen LogP contribution in [0.1, 0.15) is 16.1 Å². The normalized spacial score (nSPS) is 11.2. The van der Waals surface area contributed by atoms with E-state index in [-0.39, 0.29) is 22.8 Å². The average molecular weight is 362 g/mol. The van der Waals surface area contributed by atoms with Crippen LogP contribution in [0.15, 0.2) is 59.0 Å². The molecule has 0 fully saturated rings. The van der Waals surface area contributed by atoms with Crippen LogP contribution < -0.4 is 9.47 Å². The summed E-state index contributed by atoms with van der Waals surface area (Å²) in [4.78, 5) is 10.8. The minimum absolute atomic E-state index is 0.00723. The largest absolute Gasteiger partial charge is 0.497 e. The molecule has 0 unspecified atom stereocenters. The van der Waals surface area contributed by atoms with E-state index in [4.69, 9.17) is 13.9 Å². The van der Waals surface area contributed by atoms with E-state index in [2.05, 4.69) is 0 Å². The highest BCUT2D eigenvalue weighted by Crippen LogP contribution is 2.39. The molecule has 0 aliphatic rings. The Bertz CT molecular complexity index is 911. The highest BCUT2D eigenvalue weighted by atomic mass is 19.4. The fourth-order valence-electron chi connectivity index (χ4n) is 2.32. The van der Waals surface area contributed by atoms with Crippen LogP contribution in [0, 0.1) is 0 Å². The first-order valence-electron chi connectivity index (χ1n) is 7.49. The van der Waals surface area contributed by atoms with Gasteiger partial charge in [0.1, 0.15) is 23.0 Å². The number of rotatable bonds is 5.